The number of likely N-dealkylation sites (N-methyl/N-ethyl adjacent to an activating group) is 1. The molecule has 5 nitrogen and oxygen atoms in total. The molecule has 1 atom stereocenters. The van der Waals surface area contributed by atoms with Crippen molar-refractivity contribution in [1.82, 2.24) is 5.32 Å². The number of nitrogens with zero attached hydrogens (tertiary/aromatic N) is 2. The van der Waals surface area contributed by atoms with Crippen molar-refractivity contribution in [2.75, 3.05) is 25.0 Å². The SMILES string of the molecule is CN(CC1CCCCN1)c1ccc([N+](=O)[O-])cc1I. The van der Waals surface area contributed by atoms with Crippen LogP contribution in [0.2, 0.25) is 0 Å². The minimum atomic E-state index is -0.353. The molecule has 104 valence electrons. The third-order valence-corrected chi connectivity index (χ3v) is 4.32. The van der Waals surface area contributed by atoms with Crippen molar-refractivity contribution in [3.63, 3.8) is 0 Å². The van der Waals surface area contributed by atoms with Gasteiger partial charge >= 0.3 is 0 Å². The Labute approximate surface area is 126 Å². The summed E-state index contributed by atoms with van der Waals surface area (Å²) in [6.07, 6.45) is 3.74. The van der Waals surface area contributed by atoms with E-state index in [2.05, 4.69) is 32.8 Å². The summed E-state index contributed by atoms with van der Waals surface area (Å²) in [7, 11) is 2.04. The van der Waals surface area contributed by atoms with Gasteiger partial charge in [0.1, 0.15) is 0 Å². The smallest absolute Gasteiger partial charge is 0.270 e. The number of hydrogen-bond acceptors (Lipinski definition) is 4. The Kier molecular flexibility index (Phi) is 4.98. The molecule has 0 bridgehead atoms. The molecule has 1 aromatic rings. The number of rotatable bonds is 4. The van der Waals surface area contributed by atoms with Crippen LogP contribution >= 0.6 is 22.6 Å². The molecule has 1 unspecified atom stereocenters. The molecule has 19 heavy (non-hydrogen) atoms. The maximum Gasteiger partial charge on any atom is 0.270 e. The highest BCUT2D eigenvalue weighted by Crippen LogP contribution is 2.26. The van der Waals surface area contributed by atoms with Crippen molar-refractivity contribution < 1.29 is 4.92 Å². The highest BCUT2D eigenvalue weighted by molar-refractivity contribution is 14.1. The van der Waals surface area contributed by atoms with Gasteiger partial charge in [-0.2, -0.15) is 0 Å². The largest absolute Gasteiger partial charge is 0.372 e. The summed E-state index contributed by atoms with van der Waals surface area (Å²) in [6.45, 7) is 2.03. The lowest BCUT2D eigenvalue weighted by Crippen LogP contribution is -2.42. The molecule has 1 heterocycles. The monoisotopic (exact) mass is 375 g/mol. The first kappa shape index (κ1) is 14.5. The molecule has 1 N–H and O–H groups in total. The number of hydrogen-bond donors (Lipinski definition) is 1. The maximum absolute atomic E-state index is 10.7. The summed E-state index contributed by atoms with van der Waals surface area (Å²) in [5.74, 6) is 0. The number of anilines is 1. The van der Waals surface area contributed by atoms with E-state index in [0.717, 1.165) is 22.3 Å². The standard InChI is InChI=1S/C13H18IN3O2/c1-16(9-10-4-2-3-7-15-10)13-6-5-11(17(18)19)8-12(13)14/h5-6,8,10,15H,2-4,7,9H2,1H3. The van der Waals surface area contributed by atoms with Gasteiger partial charge < -0.3 is 10.2 Å². The van der Waals surface area contributed by atoms with Crippen molar-refractivity contribution in [3.05, 3.63) is 31.9 Å². The normalized spacial score (nSPS) is 19.2. The molecule has 0 aromatic heterocycles. The molecule has 0 saturated carbocycles. The maximum atomic E-state index is 10.7. The summed E-state index contributed by atoms with van der Waals surface area (Å²) in [5, 5.41) is 14.2. The molecule has 0 spiro atoms. The number of non-ortho nitro benzene ring substituents is 1. The molecule has 0 amide bonds. The Morgan fingerprint density at radius 2 is 2.32 bits per heavy atom. The highest BCUT2D eigenvalue weighted by Gasteiger charge is 2.17. The third-order valence-electron chi connectivity index (χ3n) is 3.46. The van der Waals surface area contributed by atoms with E-state index in [0.29, 0.717) is 6.04 Å². The van der Waals surface area contributed by atoms with E-state index in [-0.39, 0.29) is 10.6 Å². The van der Waals surface area contributed by atoms with Crippen LogP contribution in [0.5, 0.6) is 0 Å². The zero-order chi connectivity index (χ0) is 13.8. The van der Waals surface area contributed by atoms with Crippen LogP contribution in [-0.4, -0.2) is 31.1 Å². The lowest BCUT2D eigenvalue weighted by atomic mass is 10.0. The second-order valence-corrected chi connectivity index (χ2v) is 6.08. The molecular weight excluding hydrogens is 357 g/mol. The van der Waals surface area contributed by atoms with Crippen molar-refractivity contribution in [1.29, 1.82) is 0 Å². The van der Waals surface area contributed by atoms with E-state index in [1.54, 1.807) is 12.1 Å². The first-order valence-electron chi connectivity index (χ1n) is 6.46. The average molecular weight is 375 g/mol. The summed E-state index contributed by atoms with van der Waals surface area (Å²) < 4.78 is 0.921. The molecular formula is C13H18IN3O2. The quantitative estimate of drug-likeness (QED) is 0.500. The number of halogens is 1. The number of nitro benzene ring substituents is 1. The van der Waals surface area contributed by atoms with Crippen LogP contribution < -0.4 is 10.2 Å². The zero-order valence-electron chi connectivity index (χ0n) is 10.9. The number of nitro groups is 1. The van der Waals surface area contributed by atoms with E-state index in [1.165, 1.54) is 19.3 Å². The van der Waals surface area contributed by atoms with Gasteiger partial charge in [-0.3, -0.25) is 10.1 Å². The van der Waals surface area contributed by atoms with Gasteiger partial charge in [0, 0.05) is 35.3 Å². The van der Waals surface area contributed by atoms with Gasteiger partial charge in [0.05, 0.1) is 10.6 Å². The second kappa shape index (κ2) is 6.51. The minimum Gasteiger partial charge on any atom is -0.372 e. The van der Waals surface area contributed by atoms with Gasteiger partial charge in [-0.1, -0.05) is 6.42 Å². The fourth-order valence-corrected chi connectivity index (χ4v) is 3.34. The number of nitrogens with one attached hydrogen (secondary N) is 1. The highest BCUT2D eigenvalue weighted by atomic mass is 127. The van der Waals surface area contributed by atoms with Crippen molar-refractivity contribution >= 4 is 34.0 Å². The molecule has 0 radical (unpaired) electrons. The van der Waals surface area contributed by atoms with Crippen molar-refractivity contribution in [3.8, 4) is 0 Å². The first-order chi connectivity index (χ1) is 9.08. The molecule has 0 aliphatic carbocycles. The lowest BCUT2D eigenvalue weighted by molar-refractivity contribution is -0.384. The van der Waals surface area contributed by atoms with Crippen molar-refractivity contribution in [2.24, 2.45) is 0 Å². The summed E-state index contributed by atoms with van der Waals surface area (Å²) in [5.41, 5.74) is 1.20. The molecule has 6 heteroatoms. The zero-order valence-corrected chi connectivity index (χ0v) is 13.1. The third kappa shape index (κ3) is 3.79. The fourth-order valence-electron chi connectivity index (χ4n) is 2.43. The van der Waals surface area contributed by atoms with Crippen LogP contribution in [-0.2, 0) is 0 Å². The predicted molar refractivity (Wildman–Crippen MR) is 84.7 cm³/mol. The molecule has 1 aliphatic rings. The molecule has 1 aliphatic heterocycles. The van der Waals surface area contributed by atoms with Crippen LogP contribution in [0.25, 0.3) is 0 Å². The Bertz CT molecular complexity index is 461. The van der Waals surface area contributed by atoms with Crippen LogP contribution in [0, 0.1) is 13.7 Å². The van der Waals surface area contributed by atoms with Gasteiger partial charge in [0.2, 0.25) is 0 Å². The average Bonchev–Trinajstić information content (AvgIpc) is 2.39. The van der Waals surface area contributed by atoms with Crippen molar-refractivity contribution in [2.45, 2.75) is 25.3 Å². The van der Waals surface area contributed by atoms with E-state index < -0.39 is 0 Å². The van der Waals surface area contributed by atoms with E-state index in [9.17, 15) is 10.1 Å². The van der Waals surface area contributed by atoms with Crippen LogP contribution in [0.4, 0.5) is 11.4 Å². The van der Waals surface area contributed by atoms with E-state index in [1.807, 2.05) is 13.1 Å². The number of benzene rings is 1. The lowest BCUT2D eigenvalue weighted by Gasteiger charge is -2.29. The molecule has 1 aromatic carbocycles. The minimum absolute atomic E-state index is 0.150. The summed E-state index contributed by atoms with van der Waals surface area (Å²) in [6, 6.07) is 5.55. The molecule has 2 rings (SSSR count). The van der Waals surface area contributed by atoms with Crippen LogP contribution in [0.3, 0.4) is 0 Å². The van der Waals surface area contributed by atoms with E-state index in [4.69, 9.17) is 0 Å². The Morgan fingerprint density at radius 3 is 2.89 bits per heavy atom. The predicted octanol–water partition coefficient (Wildman–Crippen LogP) is 2.78. The van der Waals surface area contributed by atoms with E-state index >= 15 is 0 Å². The first-order valence-corrected chi connectivity index (χ1v) is 7.54. The van der Waals surface area contributed by atoms with Crippen LogP contribution in [0.15, 0.2) is 18.2 Å². The summed E-state index contributed by atoms with van der Waals surface area (Å²) in [4.78, 5) is 12.6. The Hall–Kier alpha value is -0.890. The molecule has 1 saturated heterocycles. The summed E-state index contributed by atoms with van der Waals surface area (Å²) >= 11 is 2.16. The van der Waals surface area contributed by atoms with Crippen LogP contribution in [0.1, 0.15) is 19.3 Å². The Balaban J connectivity index is 2.05. The molecule has 1 fully saturated rings. The number of piperidine rings is 1. The van der Waals surface area contributed by atoms with Gasteiger partial charge in [-0.25, -0.2) is 0 Å². The Morgan fingerprint density at radius 1 is 1.53 bits per heavy atom. The fraction of sp³-hybridized carbons (Fsp3) is 0.538. The van der Waals surface area contributed by atoms with Gasteiger partial charge in [-0.15, -0.1) is 0 Å². The topological polar surface area (TPSA) is 58.4 Å². The van der Waals surface area contributed by atoms with Gasteiger partial charge in [0.25, 0.3) is 5.69 Å². The van der Waals surface area contributed by atoms with Gasteiger partial charge in [-0.05, 0) is 48.0 Å². The van der Waals surface area contributed by atoms with Gasteiger partial charge in [0.15, 0.2) is 0 Å². The second-order valence-electron chi connectivity index (χ2n) is 4.92.